The number of fused-ring (bicyclic) bond motifs is 1. The van der Waals surface area contributed by atoms with Crippen molar-refractivity contribution in [2.24, 2.45) is 4.99 Å². The SMILES string of the molecule is CCOc1ccc([C@@H]2C(C(=O)OC(C)C)=C(C)N=c3s/c(=C\c4cc(Br)c(Sc5ncccn5)o4)c(=O)n32)cc1. The smallest absolute Gasteiger partial charge is 0.338 e. The van der Waals surface area contributed by atoms with Crippen molar-refractivity contribution in [3.63, 3.8) is 0 Å². The van der Waals surface area contributed by atoms with Gasteiger partial charge in [-0.15, -0.1) is 0 Å². The van der Waals surface area contributed by atoms with Crippen LogP contribution in [0.4, 0.5) is 0 Å². The number of rotatable bonds is 8. The maximum absolute atomic E-state index is 13.9. The number of furan rings is 1. The lowest BCUT2D eigenvalue weighted by atomic mass is 9.96. The van der Waals surface area contributed by atoms with Gasteiger partial charge in [0.05, 0.1) is 39.0 Å². The number of thiazole rings is 1. The van der Waals surface area contributed by atoms with Crippen LogP contribution in [0.25, 0.3) is 6.08 Å². The Kier molecular flexibility index (Phi) is 8.38. The molecule has 1 aliphatic rings. The van der Waals surface area contributed by atoms with Crippen LogP contribution in [0.1, 0.15) is 45.1 Å². The van der Waals surface area contributed by atoms with E-state index in [2.05, 4.69) is 30.9 Å². The number of ether oxygens (including phenoxy) is 2. The predicted octanol–water partition coefficient (Wildman–Crippen LogP) is 4.88. The van der Waals surface area contributed by atoms with Gasteiger partial charge >= 0.3 is 5.97 Å². The van der Waals surface area contributed by atoms with Crippen LogP contribution >= 0.6 is 39.0 Å². The second kappa shape index (κ2) is 11.9. The van der Waals surface area contributed by atoms with Crippen LogP contribution in [-0.2, 0) is 9.53 Å². The van der Waals surface area contributed by atoms with Gasteiger partial charge in [0.1, 0.15) is 11.5 Å². The molecular formula is C28H25BrN4O5S2. The van der Waals surface area contributed by atoms with Gasteiger partial charge in [-0.3, -0.25) is 9.36 Å². The van der Waals surface area contributed by atoms with Crippen LogP contribution in [0.5, 0.6) is 5.75 Å². The summed E-state index contributed by atoms with van der Waals surface area (Å²) in [6, 6.07) is 10.2. The molecule has 0 unspecified atom stereocenters. The molecule has 206 valence electrons. The van der Waals surface area contributed by atoms with E-state index in [1.165, 1.54) is 23.1 Å². The van der Waals surface area contributed by atoms with Gasteiger partial charge in [-0.2, -0.15) is 0 Å². The van der Waals surface area contributed by atoms with Gasteiger partial charge in [0.2, 0.25) is 0 Å². The third kappa shape index (κ3) is 5.84. The molecule has 0 saturated heterocycles. The lowest BCUT2D eigenvalue weighted by Gasteiger charge is -2.25. The first-order chi connectivity index (χ1) is 19.2. The van der Waals surface area contributed by atoms with Crippen LogP contribution in [0.2, 0.25) is 0 Å². The highest BCUT2D eigenvalue weighted by molar-refractivity contribution is 9.10. The zero-order valence-corrected chi connectivity index (χ0v) is 25.3. The van der Waals surface area contributed by atoms with Crippen LogP contribution < -0.4 is 19.6 Å². The number of allylic oxidation sites excluding steroid dienone is 1. The molecule has 0 spiro atoms. The molecule has 3 aromatic heterocycles. The normalized spacial score (nSPS) is 15.2. The van der Waals surface area contributed by atoms with E-state index in [9.17, 15) is 9.59 Å². The van der Waals surface area contributed by atoms with Crippen molar-refractivity contribution < 1.29 is 18.7 Å². The third-order valence-corrected chi connectivity index (χ3v) is 8.48. The number of aromatic nitrogens is 3. The molecule has 12 heteroatoms. The highest BCUT2D eigenvalue weighted by atomic mass is 79.9. The predicted molar refractivity (Wildman–Crippen MR) is 155 cm³/mol. The zero-order chi connectivity index (χ0) is 28.4. The molecule has 0 amide bonds. The molecule has 1 atom stereocenters. The van der Waals surface area contributed by atoms with E-state index in [0.717, 1.165) is 5.56 Å². The molecular weight excluding hydrogens is 616 g/mol. The number of hydrogen-bond donors (Lipinski definition) is 0. The quantitative estimate of drug-likeness (QED) is 0.198. The van der Waals surface area contributed by atoms with E-state index in [4.69, 9.17) is 13.9 Å². The van der Waals surface area contributed by atoms with Crippen LogP contribution in [0, 0.1) is 0 Å². The molecule has 0 saturated carbocycles. The van der Waals surface area contributed by atoms with Gasteiger partial charge in [0.25, 0.3) is 5.56 Å². The van der Waals surface area contributed by atoms with Crippen molar-refractivity contribution in [3.8, 4) is 5.75 Å². The summed E-state index contributed by atoms with van der Waals surface area (Å²) < 4.78 is 19.8. The van der Waals surface area contributed by atoms with E-state index in [0.29, 0.717) is 53.4 Å². The second-order valence-corrected chi connectivity index (χ2v) is 11.8. The largest absolute Gasteiger partial charge is 0.494 e. The van der Waals surface area contributed by atoms with E-state index < -0.39 is 12.0 Å². The molecule has 0 radical (unpaired) electrons. The topological polar surface area (TPSA) is 109 Å². The van der Waals surface area contributed by atoms with Crippen molar-refractivity contribution >= 4 is 51.1 Å². The Morgan fingerprint density at radius 1 is 1.25 bits per heavy atom. The van der Waals surface area contributed by atoms with E-state index in [1.54, 1.807) is 55.9 Å². The van der Waals surface area contributed by atoms with Crippen LogP contribution in [0.3, 0.4) is 0 Å². The Labute approximate surface area is 246 Å². The van der Waals surface area contributed by atoms with E-state index in [1.807, 2.05) is 31.2 Å². The summed E-state index contributed by atoms with van der Waals surface area (Å²) in [4.78, 5) is 40.7. The number of halogens is 1. The minimum Gasteiger partial charge on any atom is -0.494 e. The number of nitrogens with zero attached hydrogens (tertiary/aromatic N) is 4. The first-order valence-electron chi connectivity index (χ1n) is 12.5. The molecule has 9 nitrogen and oxygen atoms in total. The highest BCUT2D eigenvalue weighted by Gasteiger charge is 2.34. The van der Waals surface area contributed by atoms with E-state index in [-0.39, 0.29) is 11.7 Å². The summed E-state index contributed by atoms with van der Waals surface area (Å²) in [6.45, 7) is 7.77. The van der Waals surface area contributed by atoms with Crippen molar-refractivity contribution in [1.29, 1.82) is 0 Å². The standard InChI is InChI=1S/C28H25BrN4O5S2/c1-5-36-18-9-7-17(8-10-18)23-22(25(35)37-15(2)3)16(4)32-28-33(23)24(34)21(39-28)14-19-13-20(29)26(38-19)40-27-30-11-6-12-31-27/h6-15,23H,5H2,1-4H3/b21-14-/t23-/m1/s1. The summed E-state index contributed by atoms with van der Waals surface area (Å²) in [7, 11) is 0. The highest BCUT2D eigenvalue weighted by Crippen LogP contribution is 2.35. The van der Waals surface area contributed by atoms with E-state index >= 15 is 0 Å². The van der Waals surface area contributed by atoms with Crippen molar-refractivity contribution in [2.45, 2.75) is 50.1 Å². The first kappa shape index (κ1) is 28.1. The summed E-state index contributed by atoms with van der Waals surface area (Å²) in [5.74, 6) is 0.663. The van der Waals surface area contributed by atoms with Crippen molar-refractivity contribution in [1.82, 2.24) is 14.5 Å². The summed E-state index contributed by atoms with van der Waals surface area (Å²) in [5.41, 5.74) is 1.26. The Morgan fingerprint density at radius 2 is 1.98 bits per heavy atom. The molecule has 1 aliphatic heterocycles. The average molecular weight is 642 g/mol. The Bertz CT molecular complexity index is 1760. The Hall–Kier alpha value is -3.48. The van der Waals surface area contributed by atoms with Gasteiger partial charge in [-0.1, -0.05) is 23.5 Å². The molecule has 0 bridgehead atoms. The fourth-order valence-electron chi connectivity index (χ4n) is 4.15. The van der Waals surface area contributed by atoms with Gasteiger partial charge in [0.15, 0.2) is 15.1 Å². The van der Waals surface area contributed by atoms with Gasteiger partial charge in [-0.25, -0.2) is 19.8 Å². The van der Waals surface area contributed by atoms with Crippen LogP contribution in [0.15, 0.2) is 89.0 Å². The molecule has 5 rings (SSSR count). The maximum Gasteiger partial charge on any atom is 0.338 e. The molecule has 40 heavy (non-hydrogen) atoms. The molecule has 4 heterocycles. The lowest BCUT2D eigenvalue weighted by molar-refractivity contribution is -0.143. The molecule has 0 N–H and O–H groups in total. The monoisotopic (exact) mass is 640 g/mol. The number of hydrogen-bond acceptors (Lipinski definition) is 10. The Balaban J connectivity index is 1.60. The fourth-order valence-corrected chi connectivity index (χ4v) is 6.41. The molecule has 0 fully saturated rings. The average Bonchev–Trinajstić information content (AvgIpc) is 3.41. The zero-order valence-electron chi connectivity index (χ0n) is 22.1. The summed E-state index contributed by atoms with van der Waals surface area (Å²) in [6.07, 6.45) is 4.65. The van der Waals surface area contributed by atoms with Crippen molar-refractivity contribution in [2.75, 3.05) is 6.61 Å². The van der Waals surface area contributed by atoms with Gasteiger partial charge in [0, 0.05) is 18.5 Å². The Morgan fingerprint density at radius 3 is 2.65 bits per heavy atom. The van der Waals surface area contributed by atoms with Gasteiger partial charge < -0.3 is 13.9 Å². The molecule has 0 aliphatic carbocycles. The summed E-state index contributed by atoms with van der Waals surface area (Å²) >= 11 is 6.01. The molecule has 4 aromatic rings. The number of carbonyl (C=O) groups is 1. The first-order valence-corrected chi connectivity index (χ1v) is 14.9. The second-order valence-electron chi connectivity index (χ2n) is 8.96. The minimum absolute atomic E-state index is 0.293. The number of benzene rings is 1. The fraction of sp³-hybridized carbons (Fsp3) is 0.250. The summed E-state index contributed by atoms with van der Waals surface area (Å²) in [5, 5.41) is 1.10. The number of carbonyl (C=O) groups excluding carboxylic acids is 1. The van der Waals surface area contributed by atoms with Gasteiger partial charge in [-0.05, 0) is 85.2 Å². The van der Waals surface area contributed by atoms with Crippen molar-refractivity contribution in [3.05, 3.63) is 95.5 Å². The number of esters is 1. The third-order valence-electron chi connectivity index (χ3n) is 5.77. The lowest BCUT2D eigenvalue weighted by Crippen LogP contribution is -2.40. The molecule has 1 aromatic carbocycles. The maximum atomic E-state index is 13.9. The minimum atomic E-state index is -0.718. The van der Waals surface area contributed by atoms with Crippen LogP contribution in [-0.4, -0.2) is 33.2 Å².